The second kappa shape index (κ2) is 44.4. The summed E-state index contributed by atoms with van der Waals surface area (Å²) < 4.78 is 5.82. The zero-order valence-electron chi connectivity index (χ0n) is 37.2. The van der Waals surface area contributed by atoms with Gasteiger partial charge in [0.2, 0.25) is 5.91 Å². The summed E-state index contributed by atoms with van der Waals surface area (Å²) in [6.07, 6.45) is 55.7. The number of hydrogen-bond donors (Lipinski definition) is 3. The van der Waals surface area contributed by atoms with E-state index >= 15 is 0 Å². The molecule has 6 heteroatoms. The van der Waals surface area contributed by atoms with E-state index in [0.717, 1.165) is 57.8 Å². The average molecular weight is 796 g/mol. The Kier molecular flexibility index (Phi) is 42.3. The fourth-order valence-corrected chi connectivity index (χ4v) is 6.80. The van der Waals surface area contributed by atoms with Gasteiger partial charge < -0.3 is 20.3 Å². The molecule has 3 N–H and O–H groups in total. The molecule has 6 nitrogen and oxygen atoms in total. The van der Waals surface area contributed by atoms with Crippen LogP contribution in [0.2, 0.25) is 0 Å². The molecule has 3 atom stereocenters. The van der Waals surface area contributed by atoms with Crippen LogP contribution in [0.5, 0.6) is 0 Å². The monoisotopic (exact) mass is 796 g/mol. The highest BCUT2D eigenvalue weighted by Gasteiger charge is 2.23. The molecule has 1 amide bonds. The van der Waals surface area contributed by atoms with Crippen molar-refractivity contribution in [1.29, 1.82) is 0 Å². The van der Waals surface area contributed by atoms with Crippen LogP contribution in [0.15, 0.2) is 72.9 Å². The number of ether oxygens (including phenoxy) is 1. The molecular weight excluding hydrogens is 707 g/mol. The number of nitrogens with one attached hydrogen (secondary N) is 1. The van der Waals surface area contributed by atoms with Gasteiger partial charge in [-0.05, 0) is 44.9 Å². The average Bonchev–Trinajstić information content (AvgIpc) is 3.20. The van der Waals surface area contributed by atoms with Crippen LogP contribution in [-0.4, -0.2) is 46.9 Å². The SMILES string of the molecule is CC/C=C/C=C/C=C\C=C/C=C/CC(CC(=O)NC(CO)C(O)CCCCCCCCCCC)OC(=O)CCCCCCC/C=C/CCCCCCCCCCC. The lowest BCUT2D eigenvalue weighted by Crippen LogP contribution is -2.46. The number of carbonyl (C=O) groups is 2. The number of rotatable bonds is 41. The Labute approximate surface area is 351 Å². The largest absolute Gasteiger partial charge is 0.461 e. The van der Waals surface area contributed by atoms with Gasteiger partial charge in [-0.1, -0.05) is 222 Å². The maximum atomic E-state index is 13.1. The molecule has 0 aromatic rings. The van der Waals surface area contributed by atoms with E-state index < -0.39 is 18.2 Å². The van der Waals surface area contributed by atoms with Gasteiger partial charge in [0.1, 0.15) is 6.10 Å². The van der Waals surface area contributed by atoms with Crippen molar-refractivity contribution < 1.29 is 24.5 Å². The molecule has 0 fully saturated rings. The zero-order chi connectivity index (χ0) is 41.7. The first kappa shape index (κ1) is 54.3. The Morgan fingerprint density at radius 1 is 0.544 bits per heavy atom. The minimum absolute atomic E-state index is 0.0241. The van der Waals surface area contributed by atoms with E-state index in [4.69, 9.17) is 4.74 Å². The van der Waals surface area contributed by atoms with Gasteiger partial charge in [-0.2, -0.15) is 0 Å². The molecule has 0 aliphatic heterocycles. The number of carbonyl (C=O) groups excluding carboxylic acids is 2. The van der Waals surface area contributed by atoms with Gasteiger partial charge in [0.05, 0.1) is 25.2 Å². The molecule has 0 heterocycles. The summed E-state index contributed by atoms with van der Waals surface area (Å²) in [7, 11) is 0. The molecule has 0 aliphatic rings. The summed E-state index contributed by atoms with van der Waals surface area (Å²) >= 11 is 0. The van der Waals surface area contributed by atoms with E-state index in [1.165, 1.54) is 109 Å². The van der Waals surface area contributed by atoms with Crippen LogP contribution in [0.1, 0.15) is 213 Å². The number of aliphatic hydroxyl groups is 2. The molecule has 0 spiro atoms. The maximum Gasteiger partial charge on any atom is 0.306 e. The standard InChI is InChI=1S/C51H89NO5/c1-4-7-10-13-16-19-21-22-23-24-25-26-27-29-32-35-38-41-44-51(56)57-47(42-39-36-33-31-28-20-17-14-11-8-5-2)45-50(55)52-48(46-53)49(54)43-40-37-34-30-18-15-12-9-6-3/h8,11,14,17,20,25-26,28,31,33,36,39,47-49,53-54H,4-7,9-10,12-13,15-16,18-19,21-24,27,29-30,32,34-35,37-38,40-46H2,1-3H3,(H,52,55)/b11-8+,17-14+,26-25+,28-20-,33-31-,39-36+. The third-order valence-corrected chi connectivity index (χ3v) is 10.4. The van der Waals surface area contributed by atoms with Gasteiger partial charge in [0.15, 0.2) is 0 Å². The van der Waals surface area contributed by atoms with E-state index in [9.17, 15) is 19.8 Å². The quantitative estimate of drug-likeness (QED) is 0.0248. The normalized spacial score (nSPS) is 14.0. The maximum absolute atomic E-state index is 13.1. The van der Waals surface area contributed by atoms with Crippen molar-refractivity contribution in [2.75, 3.05) is 6.61 Å². The fourth-order valence-electron chi connectivity index (χ4n) is 6.80. The minimum atomic E-state index is -0.819. The Balaban J connectivity index is 4.65. The van der Waals surface area contributed by atoms with Crippen molar-refractivity contribution in [1.82, 2.24) is 5.32 Å². The number of amides is 1. The smallest absolute Gasteiger partial charge is 0.306 e. The van der Waals surface area contributed by atoms with E-state index in [2.05, 4.69) is 44.3 Å². The van der Waals surface area contributed by atoms with Gasteiger partial charge in [-0.15, -0.1) is 0 Å². The highest BCUT2D eigenvalue weighted by molar-refractivity contribution is 5.77. The van der Waals surface area contributed by atoms with E-state index in [1.54, 1.807) is 0 Å². The summed E-state index contributed by atoms with van der Waals surface area (Å²) in [6, 6.07) is -0.741. The number of esters is 1. The Morgan fingerprint density at radius 2 is 0.982 bits per heavy atom. The molecule has 0 saturated carbocycles. The van der Waals surface area contributed by atoms with Gasteiger partial charge >= 0.3 is 5.97 Å². The summed E-state index contributed by atoms with van der Waals surface area (Å²) in [5.41, 5.74) is 0. The zero-order valence-corrected chi connectivity index (χ0v) is 37.2. The lowest BCUT2D eigenvalue weighted by Gasteiger charge is -2.24. The second-order valence-electron chi connectivity index (χ2n) is 15.9. The molecule has 0 rings (SSSR count). The predicted molar refractivity (Wildman–Crippen MR) is 245 cm³/mol. The lowest BCUT2D eigenvalue weighted by molar-refractivity contribution is -0.150. The van der Waals surface area contributed by atoms with E-state index in [-0.39, 0.29) is 24.9 Å². The summed E-state index contributed by atoms with van der Waals surface area (Å²) in [5.74, 6) is -0.622. The molecule has 57 heavy (non-hydrogen) atoms. The highest BCUT2D eigenvalue weighted by Crippen LogP contribution is 2.15. The lowest BCUT2D eigenvalue weighted by atomic mass is 10.0. The summed E-state index contributed by atoms with van der Waals surface area (Å²) in [6.45, 7) is 6.26. The third-order valence-electron chi connectivity index (χ3n) is 10.4. The molecule has 0 aromatic heterocycles. The molecule has 0 saturated heterocycles. The van der Waals surface area contributed by atoms with Crippen molar-refractivity contribution in [2.45, 2.75) is 232 Å². The van der Waals surface area contributed by atoms with Gasteiger partial charge in [0, 0.05) is 12.8 Å². The molecule has 328 valence electrons. The Bertz CT molecular complexity index is 1070. The Hall–Kier alpha value is -2.70. The van der Waals surface area contributed by atoms with Crippen LogP contribution in [-0.2, 0) is 14.3 Å². The van der Waals surface area contributed by atoms with Crippen LogP contribution in [0, 0.1) is 0 Å². The first-order chi connectivity index (χ1) is 28.0. The number of unbranched alkanes of at least 4 members (excludes halogenated alkanes) is 22. The molecule has 0 aromatic carbocycles. The van der Waals surface area contributed by atoms with Crippen molar-refractivity contribution >= 4 is 11.9 Å². The van der Waals surface area contributed by atoms with Gasteiger partial charge in [0.25, 0.3) is 0 Å². The number of hydrogen-bond acceptors (Lipinski definition) is 5. The van der Waals surface area contributed by atoms with Crippen molar-refractivity contribution in [2.24, 2.45) is 0 Å². The van der Waals surface area contributed by atoms with Gasteiger partial charge in [-0.25, -0.2) is 0 Å². The van der Waals surface area contributed by atoms with Crippen molar-refractivity contribution in [3.05, 3.63) is 72.9 Å². The van der Waals surface area contributed by atoms with Crippen LogP contribution >= 0.6 is 0 Å². The topological polar surface area (TPSA) is 95.9 Å². The minimum Gasteiger partial charge on any atom is -0.461 e. The fraction of sp³-hybridized carbons (Fsp3) is 0.725. The van der Waals surface area contributed by atoms with Crippen LogP contribution in [0.4, 0.5) is 0 Å². The molecule has 0 aliphatic carbocycles. The first-order valence-corrected chi connectivity index (χ1v) is 23.7. The third kappa shape index (κ3) is 39.9. The summed E-state index contributed by atoms with van der Waals surface area (Å²) in [4.78, 5) is 25.9. The molecule has 3 unspecified atom stereocenters. The van der Waals surface area contributed by atoms with Crippen molar-refractivity contribution in [3.63, 3.8) is 0 Å². The summed E-state index contributed by atoms with van der Waals surface area (Å²) in [5, 5.41) is 23.5. The highest BCUT2D eigenvalue weighted by atomic mass is 16.5. The predicted octanol–water partition coefficient (Wildman–Crippen LogP) is 13.8. The van der Waals surface area contributed by atoms with Gasteiger partial charge in [-0.3, -0.25) is 9.59 Å². The molecular formula is C51H89NO5. The second-order valence-corrected chi connectivity index (χ2v) is 15.9. The Morgan fingerprint density at radius 3 is 1.47 bits per heavy atom. The van der Waals surface area contributed by atoms with Crippen LogP contribution in [0.25, 0.3) is 0 Å². The molecule has 0 radical (unpaired) electrons. The van der Waals surface area contributed by atoms with Crippen molar-refractivity contribution in [3.8, 4) is 0 Å². The molecule has 0 bridgehead atoms. The number of aliphatic hydroxyl groups excluding tert-OH is 2. The van der Waals surface area contributed by atoms with E-state index in [1.807, 2.05) is 54.7 Å². The van der Waals surface area contributed by atoms with E-state index in [0.29, 0.717) is 19.3 Å². The van der Waals surface area contributed by atoms with Crippen LogP contribution < -0.4 is 5.32 Å². The first-order valence-electron chi connectivity index (χ1n) is 23.7. The van der Waals surface area contributed by atoms with Crippen LogP contribution in [0.3, 0.4) is 0 Å². The number of allylic oxidation sites excluding steroid dienone is 11.